The Labute approximate surface area is 209 Å². The van der Waals surface area contributed by atoms with Gasteiger partial charge < -0.3 is 28.8 Å². The van der Waals surface area contributed by atoms with Gasteiger partial charge in [-0.15, -0.1) is 0 Å². The number of aliphatic hydroxyl groups is 1. The van der Waals surface area contributed by atoms with Crippen molar-refractivity contribution in [2.45, 2.75) is 25.9 Å². The first kappa shape index (κ1) is 24.8. The van der Waals surface area contributed by atoms with Crippen LogP contribution >= 0.6 is 0 Å². The number of Topliss-reactive ketones (excluding diaryl/α,β-unsaturated/α-hetero) is 1. The molecule has 1 amide bonds. The first-order valence-corrected chi connectivity index (χ1v) is 11.7. The number of imidazole rings is 1. The lowest BCUT2D eigenvalue weighted by molar-refractivity contribution is -0.140. The van der Waals surface area contributed by atoms with Crippen LogP contribution < -0.4 is 14.2 Å². The minimum atomic E-state index is -0.857. The van der Waals surface area contributed by atoms with E-state index in [1.807, 2.05) is 17.7 Å². The zero-order chi connectivity index (χ0) is 25.7. The molecule has 0 unspecified atom stereocenters. The van der Waals surface area contributed by atoms with E-state index < -0.39 is 17.7 Å². The summed E-state index contributed by atoms with van der Waals surface area (Å²) in [5.74, 6) is -0.0407. The number of aliphatic hydroxyl groups excluding tert-OH is 1. The van der Waals surface area contributed by atoms with Crippen molar-refractivity contribution >= 4 is 17.4 Å². The molecule has 1 aromatic heterocycles. The zero-order valence-corrected chi connectivity index (χ0v) is 20.5. The van der Waals surface area contributed by atoms with Gasteiger partial charge in [0.15, 0.2) is 0 Å². The zero-order valence-electron chi connectivity index (χ0n) is 20.5. The van der Waals surface area contributed by atoms with E-state index in [9.17, 15) is 14.7 Å². The number of carbonyl (C=O) groups is 2. The van der Waals surface area contributed by atoms with Gasteiger partial charge in [-0.2, -0.15) is 0 Å². The highest BCUT2D eigenvalue weighted by Crippen LogP contribution is 2.44. The van der Waals surface area contributed by atoms with Gasteiger partial charge in [-0.05, 0) is 55.8 Å². The highest BCUT2D eigenvalue weighted by atomic mass is 16.5. The Balaban J connectivity index is 1.79. The highest BCUT2D eigenvalue weighted by molar-refractivity contribution is 6.46. The van der Waals surface area contributed by atoms with Gasteiger partial charge in [0.1, 0.15) is 23.0 Å². The number of ether oxygens (including phenoxy) is 3. The van der Waals surface area contributed by atoms with E-state index in [0.29, 0.717) is 47.9 Å². The van der Waals surface area contributed by atoms with Gasteiger partial charge in [0.05, 0.1) is 38.8 Å². The first-order chi connectivity index (χ1) is 17.5. The van der Waals surface area contributed by atoms with Crippen LogP contribution in [0.3, 0.4) is 0 Å². The average molecular weight is 492 g/mol. The molecule has 1 N–H and O–H groups in total. The maximum atomic E-state index is 13.3. The number of hydrogen-bond acceptors (Lipinski definition) is 7. The highest BCUT2D eigenvalue weighted by Gasteiger charge is 2.47. The molecule has 0 saturated carbocycles. The first-order valence-electron chi connectivity index (χ1n) is 11.7. The van der Waals surface area contributed by atoms with Crippen molar-refractivity contribution in [2.24, 2.45) is 0 Å². The molecule has 36 heavy (non-hydrogen) atoms. The van der Waals surface area contributed by atoms with Crippen molar-refractivity contribution in [1.82, 2.24) is 14.5 Å². The third-order valence-corrected chi connectivity index (χ3v) is 6.08. The fourth-order valence-corrected chi connectivity index (χ4v) is 4.36. The van der Waals surface area contributed by atoms with Gasteiger partial charge in [0, 0.05) is 36.6 Å². The third-order valence-electron chi connectivity index (χ3n) is 6.08. The molecule has 1 aliphatic rings. The molecule has 2 aromatic carbocycles. The summed E-state index contributed by atoms with van der Waals surface area (Å²) in [7, 11) is 3.05. The molecule has 4 rings (SSSR count). The summed E-state index contributed by atoms with van der Waals surface area (Å²) in [6.07, 6.45) is 5.80. The number of rotatable bonds is 10. The summed E-state index contributed by atoms with van der Waals surface area (Å²) in [6, 6.07) is 11.1. The number of aromatic nitrogens is 2. The molecule has 3 aromatic rings. The number of hydrogen-bond donors (Lipinski definition) is 1. The van der Waals surface area contributed by atoms with Crippen LogP contribution in [0, 0.1) is 0 Å². The second kappa shape index (κ2) is 11.0. The van der Waals surface area contributed by atoms with Crippen LogP contribution in [0.4, 0.5) is 0 Å². The van der Waals surface area contributed by atoms with E-state index in [1.54, 1.807) is 55.0 Å². The van der Waals surface area contributed by atoms with Crippen molar-refractivity contribution in [3.8, 4) is 17.2 Å². The second-order valence-electron chi connectivity index (χ2n) is 8.21. The number of nitrogens with zero attached hydrogens (tertiary/aromatic N) is 3. The minimum absolute atomic E-state index is 0.00153. The molecule has 188 valence electrons. The summed E-state index contributed by atoms with van der Waals surface area (Å²) in [5, 5.41) is 11.3. The quantitative estimate of drug-likeness (QED) is 0.261. The molecule has 1 aliphatic heterocycles. The van der Waals surface area contributed by atoms with Crippen molar-refractivity contribution in [1.29, 1.82) is 0 Å². The minimum Gasteiger partial charge on any atom is -0.507 e. The number of ketones is 1. The van der Waals surface area contributed by atoms with Gasteiger partial charge in [-0.1, -0.05) is 0 Å². The summed E-state index contributed by atoms with van der Waals surface area (Å²) in [4.78, 5) is 32.1. The third kappa shape index (κ3) is 4.91. The van der Waals surface area contributed by atoms with E-state index in [1.165, 1.54) is 19.1 Å². The van der Waals surface area contributed by atoms with E-state index in [2.05, 4.69) is 4.98 Å². The Kier molecular flexibility index (Phi) is 7.58. The molecule has 1 saturated heterocycles. The number of benzene rings is 2. The molecule has 0 bridgehead atoms. The fraction of sp³-hybridized carbons (Fsp3) is 0.296. The van der Waals surface area contributed by atoms with Crippen LogP contribution in [0.2, 0.25) is 0 Å². The smallest absolute Gasteiger partial charge is 0.295 e. The van der Waals surface area contributed by atoms with E-state index in [4.69, 9.17) is 14.2 Å². The molecule has 0 spiro atoms. The van der Waals surface area contributed by atoms with E-state index >= 15 is 0 Å². The summed E-state index contributed by atoms with van der Waals surface area (Å²) >= 11 is 0. The van der Waals surface area contributed by atoms with Gasteiger partial charge >= 0.3 is 0 Å². The Morgan fingerprint density at radius 1 is 1.03 bits per heavy atom. The van der Waals surface area contributed by atoms with Crippen LogP contribution in [-0.2, 0) is 16.1 Å². The van der Waals surface area contributed by atoms with E-state index in [0.717, 1.165) is 0 Å². The van der Waals surface area contributed by atoms with Gasteiger partial charge in [-0.3, -0.25) is 9.59 Å². The predicted molar refractivity (Wildman–Crippen MR) is 133 cm³/mol. The molecular weight excluding hydrogens is 462 g/mol. The van der Waals surface area contributed by atoms with E-state index in [-0.39, 0.29) is 17.9 Å². The lowest BCUT2D eigenvalue weighted by atomic mass is 9.94. The standard InChI is InChI=1S/C27H29N3O6/c1-4-36-19-8-6-18(7-9-19)25(31)23-24(21-16-20(34-2)10-11-22(21)35-3)30(27(33)26(23)32)14-5-13-29-15-12-28-17-29/h6-12,15-17,24,31H,4-5,13-14H2,1-3H3/b25-23+/t24-/m0/s1. The van der Waals surface area contributed by atoms with Crippen molar-refractivity contribution in [2.75, 3.05) is 27.4 Å². The molecule has 9 heteroatoms. The summed E-state index contributed by atoms with van der Waals surface area (Å²) in [6.45, 7) is 3.28. The lowest BCUT2D eigenvalue weighted by Gasteiger charge is -2.27. The van der Waals surface area contributed by atoms with Crippen LogP contribution in [0.15, 0.2) is 66.8 Å². The van der Waals surface area contributed by atoms with Crippen molar-refractivity contribution < 1.29 is 28.9 Å². The number of methoxy groups -OCH3 is 2. The molecule has 0 aliphatic carbocycles. The lowest BCUT2D eigenvalue weighted by Crippen LogP contribution is -2.31. The fourth-order valence-electron chi connectivity index (χ4n) is 4.36. The maximum Gasteiger partial charge on any atom is 0.295 e. The monoisotopic (exact) mass is 491 g/mol. The number of carbonyl (C=O) groups excluding carboxylic acids is 2. The van der Waals surface area contributed by atoms with Crippen LogP contribution in [-0.4, -0.2) is 58.6 Å². The van der Waals surface area contributed by atoms with Gasteiger partial charge in [0.2, 0.25) is 0 Å². The van der Waals surface area contributed by atoms with Crippen molar-refractivity contribution in [3.05, 3.63) is 77.9 Å². The number of aryl methyl sites for hydroxylation is 1. The Bertz CT molecular complexity index is 1250. The van der Waals surface area contributed by atoms with Crippen molar-refractivity contribution in [3.63, 3.8) is 0 Å². The second-order valence-corrected chi connectivity index (χ2v) is 8.21. The molecular formula is C27H29N3O6. The van der Waals surface area contributed by atoms with Crippen LogP contribution in [0.25, 0.3) is 5.76 Å². The SMILES string of the molecule is CCOc1ccc(/C(O)=C2\C(=O)C(=O)N(CCCn3ccnc3)[C@H]2c2cc(OC)ccc2OC)cc1. The normalized spacial score (nSPS) is 16.9. The number of likely N-dealkylation sites (tertiary alicyclic amines) is 1. The Morgan fingerprint density at radius 3 is 2.42 bits per heavy atom. The predicted octanol–water partition coefficient (Wildman–Crippen LogP) is 3.81. The van der Waals surface area contributed by atoms with Gasteiger partial charge in [-0.25, -0.2) is 4.98 Å². The van der Waals surface area contributed by atoms with Crippen LogP contribution in [0.1, 0.15) is 30.5 Å². The summed E-state index contributed by atoms with van der Waals surface area (Å²) in [5.41, 5.74) is 0.950. The summed E-state index contributed by atoms with van der Waals surface area (Å²) < 4.78 is 18.4. The Morgan fingerprint density at radius 2 is 1.78 bits per heavy atom. The maximum absolute atomic E-state index is 13.3. The molecule has 1 fully saturated rings. The Hall–Kier alpha value is -4.27. The molecule has 1 atom stereocenters. The molecule has 0 radical (unpaired) electrons. The van der Waals surface area contributed by atoms with Gasteiger partial charge in [0.25, 0.3) is 11.7 Å². The van der Waals surface area contributed by atoms with Crippen LogP contribution in [0.5, 0.6) is 17.2 Å². The largest absolute Gasteiger partial charge is 0.507 e. The topological polar surface area (TPSA) is 103 Å². The average Bonchev–Trinajstić information content (AvgIpc) is 3.51. The molecule has 2 heterocycles. The molecule has 9 nitrogen and oxygen atoms in total. The number of amides is 1.